The smallest absolute Gasteiger partial charge is 0.344 e. The van der Waals surface area contributed by atoms with Gasteiger partial charge in [0.1, 0.15) is 4.47 Å². The van der Waals surface area contributed by atoms with Crippen molar-refractivity contribution in [2.24, 2.45) is 0 Å². The predicted molar refractivity (Wildman–Crippen MR) is 88.4 cm³/mol. The van der Waals surface area contributed by atoms with Crippen molar-refractivity contribution >= 4 is 41.7 Å². The molecule has 0 saturated heterocycles. The zero-order valence-corrected chi connectivity index (χ0v) is 15.9. The van der Waals surface area contributed by atoms with Crippen LogP contribution in [0.2, 0.25) is 0 Å². The highest BCUT2D eigenvalue weighted by Crippen LogP contribution is 2.32. The molecule has 0 atom stereocenters. The van der Waals surface area contributed by atoms with Gasteiger partial charge < -0.3 is 6.15 Å². The third-order valence-corrected chi connectivity index (χ3v) is 5.82. The molecule has 0 unspecified atom stereocenters. The molecule has 0 radical (unpaired) electrons. The van der Waals surface area contributed by atoms with E-state index >= 15 is 0 Å². The molecule has 0 spiro atoms. The Morgan fingerprint density at radius 3 is 2.29 bits per heavy atom. The Morgan fingerprint density at radius 1 is 1.21 bits per heavy atom. The molecule has 12 heteroatoms. The van der Waals surface area contributed by atoms with Crippen molar-refractivity contribution in [3.05, 3.63) is 49.3 Å². The van der Waals surface area contributed by atoms with Crippen LogP contribution in [-0.4, -0.2) is 24.5 Å². The lowest BCUT2D eigenvalue weighted by Crippen LogP contribution is -2.24. The molecule has 24 heavy (non-hydrogen) atoms. The first-order chi connectivity index (χ1) is 10.4. The Kier molecular flexibility index (Phi) is 6.02. The second-order valence-electron chi connectivity index (χ2n) is 4.48. The van der Waals surface area contributed by atoms with Crippen molar-refractivity contribution in [1.29, 1.82) is 0 Å². The SMILES string of the molecule is CS(=O)(=O)c1cc(C(F)(F)F)ccc1-n1ncc(Br)c(Br)c1=O.N. The van der Waals surface area contributed by atoms with E-state index in [-0.39, 0.29) is 16.3 Å². The van der Waals surface area contributed by atoms with Gasteiger partial charge in [0.2, 0.25) is 0 Å². The average Bonchev–Trinajstić information content (AvgIpc) is 2.42. The van der Waals surface area contributed by atoms with E-state index in [0.717, 1.165) is 12.3 Å². The Balaban J connectivity index is 0.00000288. The van der Waals surface area contributed by atoms with Gasteiger partial charge in [0.15, 0.2) is 9.84 Å². The molecule has 0 amide bonds. The van der Waals surface area contributed by atoms with E-state index in [1.54, 1.807) is 0 Å². The molecule has 3 N–H and O–H groups in total. The normalized spacial score (nSPS) is 11.9. The van der Waals surface area contributed by atoms with Crippen LogP contribution >= 0.6 is 31.9 Å². The number of sulfone groups is 1. The summed E-state index contributed by atoms with van der Waals surface area (Å²) in [4.78, 5) is 11.5. The van der Waals surface area contributed by atoms with Crippen molar-refractivity contribution in [3.63, 3.8) is 0 Å². The third-order valence-electron chi connectivity index (χ3n) is 2.79. The predicted octanol–water partition coefficient (Wildman–Crippen LogP) is 3.34. The molecule has 0 aliphatic carbocycles. The van der Waals surface area contributed by atoms with Crippen molar-refractivity contribution < 1.29 is 21.6 Å². The van der Waals surface area contributed by atoms with Crippen LogP contribution in [0.25, 0.3) is 5.69 Å². The zero-order chi connectivity index (χ0) is 17.6. The molecule has 1 heterocycles. The Labute approximate surface area is 151 Å². The largest absolute Gasteiger partial charge is 0.416 e. The number of alkyl halides is 3. The fourth-order valence-electron chi connectivity index (χ4n) is 1.75. The summed E-state index contributed by atoms with van der Waals surface area (Å²) in [6.45, 7) is 0. The van der Waals surface area contributed by atoms with Gasteiger partial charge in [-0.05, 0) is 50.1 Å². The number of rotatable bonds is 2. The summed E-state index contributed by atoms with van der Waals surface area (Å²) in [5.41, 5.74) is -2.12. The molecule has 0 bridgehead atoms. The Morgan fingerprint density at radius 2 is 1.79 bits per heavy atom. The molecule has 2 rings (SSSR count). The van der Waals surface area contributed by atoms with Gasteiger partial charge in [0.25, 0.3) is 5.56 Å². The van der Waals surface area contributed by atoms with Gasteiger partial charge in [0.05, 0.1) is 26.8 Å². The maximum absolute atomic E-state index is 12.8. The third kappa shape index (κ3) is 4.05. The second kappa shape index (κ2) is 6.94. The lowest BCUT2D eigenvalue weighted by Gasteiger charge is -2.13. The lowest BCUT2D eigenvalue weighted by atomic mass is 10.2. The molecule has 1 aromatic heterocycles. The Hall–Kier alpha value is -1.24. The summed E-state index contributed by atoms with van der Waals surface area (Å²) in [7, 11) is -4.03. The van der Waals surface area contributed by atoms with E-state index in [2.05, 4.69) is 37.0 Å². The van der Waals surface area contributed by atoms with Gasteiger partial charge in [-0.1, -0.05) is 0 Å². The van der Waals surface area contributed by atoms with Crippen molar-refractivity contribution in [3.8, 4) is 5.69 Å². The summed E-state index contributed by atoms with van der Waals surface area (Å²) in [6.07, 6.45) is -2.74. The van der Waals surface area contributed by atoms with Gasteiger partial charge in [0, 0.05) is 6.26 Å². The number of nitrogens with zero attached hydrogens (tertiary/aromatic N) is 2. The van der Waals surface area contributed by atoms with Crippen LogP contribution in [0.4, 0.5) is 13.2 Å². The first kappa shape index (κ1) is 20.8. The number of benzene rings is 1. The van der Waals surface area contributed by atoms with E-state index < -0.39 is 32.0 Å². The minimum absolute atomic E-state index is 0. The quantitative estimate of drug-likeness (QED) is 0.692. The molecule has 0 aliphatic heterocycles. The van der Waals surface area contributed by atoms with Gasteiger partial charge in [-0.15, -0.1) is 0 Å². The molecule has 0 aliphatic rings. The van der Waals surface area contributed by atoms with Crippen molar-refractivity contribution in [1.82, 2.24) is 15.9 Å². The molecule has 0 fully saturated rings. The van der Waals surface area contributed by atoms with Crippen LogP contribution in [0.3, 0.4) is 0 Å². The minimum atomic E-state index is -4.71. The fourth-order valence-corrected chi connectivity index (χ4v) is 3.15. The molecular weight excluding hydrogens is 483 g/mol. The van der Waals surface area contributed by atoms with E-state index in [1.807, 2.05) is 0 Å². The average molecular weight is 493 g/mol. The summed E-state index contributed by atoms with van der Waals surface area (Å²) in [5.74, 6) is 0. The van der Waals surface area contributed by atoms with Gasteiger partial charge >= 0.3 is 6.18 Å². The number of aromatic nitrogens is 2. The van der Waals surface area contributed by atoms with Crippen molar-refractivity contribution in [2.75, 3.05) is 6.26 Å². The maximum atomic E-state index is 12.8. The van der Waals surface area contributed by atoms with Crippen LogP contribution in [0.1, 0.15) is 5.56 Å². The molecule has 2 aromatic rings. The van der Waals surface area contributed by atoms with Crippen LogP contribution < -0.4 is 11.7 Å². The summed E-state index contributed by atoms with van der Waals surface area (Å²) in [5, 5.41) is 3.76. The fraction of sp³-hybridized carbons (Fsp3) is 0.167. The van der Waals surface area contributed by atoms with Crippen molar-refractivity contribution in [2.45, 2.75) is 11.1 Å². The first-order valence-corrected chi connectivity index (χ1v) is 9.25. The zero-order valence-electron chi connectivity index (χ0n) is 11.9. The van der Waals surface area contributed by atoms with Gasteiger partial charge in [-0.2, -0.15) is 23.0 Å². The first-order valence-electron chi connectivity index (χ1n) is 5.78. The molecule has 0 saturated carbocycles. The molecular formula is C12H10Br2F3N3O3S. The monoisotopic (exact) mass is 491 g/mol. The highest BCUT2D eigenvalue weighted by molar-refractivity contribution is 9.13. The maximum Gasteiger partial charge on any atom is 0.416 e. The number of hydrogen-bond donors (Lipinski definition) is 1. The number of halogens is 5. The van der Waals surface area contributed by atoms with Crippen LogP contribution in [0.5, 0.6) is 0 Å². The number of hydrogen-bond acceptors (Lipinski definition) is 5. The molecule has 1 aromatic carbocycles. The van der Waals surface area contributed by atoms with E-state index in [0.29, 0.717) is 21.3 Å². The summed E-state index contributed by atoms with van der Waals surface area (Å²) in [6, 6.07) is 2.07. The van der Waals surface area contributed by atoms with Gasteiger partial charge in [-0.3, -0.25) is 4.79 Å². The van der Waals surface area contributed by atoms with Crippen LogP contribution in [0, 0.1) is 0 Å². The highest BCUT2D eigenvalue weighted by Gasteiger charge is 2.32. The van der Waals surface area contributed by atoms with E-state index in [9.17, 15) is 26.4 Å². The summed E-state index contributed by atoms with van der Waals surface area (Å²) >= 11 is 6.06. The Bertz CT molecular complexity index is 943. The van der Waals surface area contributed by atoms with Crippen LogP contribution in [0.15, 0.2) is 43.0 Å². The van der Waals surface area contributed by atoms with Crippen LogP contribution in [-0.2, 0) is 16.0 Å². The molecule has 6 nitrogen and oxygen atoms in total. The lowest BCUT2D eigenvalue weighted by molar-refractivity contribution is -0.137. The van der Waals surface area contributed by atoms with E-state index in [1.165, 1.54) is 6.20 Å². The minimum Gasteiger partial charge on any atom is -0.344 e. The van der Waals surface area contributed by atoms with Gasteiger partial charge in [-0.25, -0.2) is 8.42 Å². The van der Waals surface area contributed by atoms with E-state index in [4.69, 9.17) is 0 Å². The molecule has 132 valence electrons. The second-order valence-corrected chi connectivity index (χ2v) is 8.11. The standard InChI is InChI=1S/C12H7Br2F3N2O3S.H3N/c1-23(21,22)9-4-6(12(15,16)17)2-3-8(9)19-11(20)10(14)7(13)5-18-19;/h2-5H,1H3;1H3. The topological polar surface area (TPSA) is 104 Å². The summed E-state index contributed by atoms with van der Waals surface area (Å²) < 4.78 is 63.2. The highest BCUT2D eigenvalue weighted by atomic mass is 79.9.